The number of halogens is 6. The summed E-state index contributed by atoms with van der Waals surface area (Å²) < 4.78 is 97.2. The molecule has 0 radical (unpaired) electrons. The molecule has 0 heterocycles. The SMILES string of the molecule is CC(C)(C)N=C(c1ccccc1)N(C(C)(C)C)[Si@@](F)(c1c(F)c(F)c(F)c(F)c1F)N([Si](C)(C)C)[Si](C)(C)C. The van der Waals surface area contributed by atoms with E-state index in [1.165, 1.54) is 4.57 Å². The Morgan fingerprint density at radius 1 is 0.667 bits per heavy atom. The average Bonchev–Trinajstić information content (AvgIpc) is 2.72. The normalized spacial score (nSPS) is 15.5. The van der Waals surface area contributed by atoms with Gasteiger partial charge in [0.25, 0.3) is 0 Å². The van der Waals surface area contributed by atoms with Gasteiger partial charge in [0, 0.05) is 11.1 Å². The fraction of sp³-hybridized carbons (Fsp3) is 0.519. The number of hydrogen-bond donors (Lipinski definition) is 0. The van der Waals surface area contributed by atoms with Crippen molar-refractivity contribution in [2.45, 2.75) is 91.9 Å². The van der Waals surface area contributed by atoms with Crippen molar-refractivity contribution in [3.05, 3.63) is 65.0 Å². The van der Waals surface area contributed by atoms with Crippen LogP contribution in [0, 0.1) is 29.1 Å². The summed E-state index contributed by atoms with van der Waals surface area (Å²) in [6.45, 7) is 21.3. The highest BCUT2D eigenvalue weighted by Gasteiger charge is 2.64. The van der Waals surface area contributed by atoms with Gasteiger partial charge in [-0.1, -0.05) is 69.6 Å². The molecule has 1 atom stereocenters. The first-order valence-corrected chi connectivity index (χ1v) is 21.5. The molecule has 12 heteroatoms. The van der Waals surface area contributed by atoms with Crippen molar-refractivity contribution >= 4 is 36.2 Å². The van der Waals surface area contributed by atoms with E-state index < -0.39 is 70.6 Å². The van der Waals surface area contributed by atoms with E-state index in [2.05, 4.69) is 0 Å². The zero-order chi connectivity index (χ0) is 30.5. The number of aliphatic imine (C=N–C) groups is 1. The van der Waals surface area contributed by atoms with E-state index in [0.717, 1.165) is 0 Å². The highest BCUT2D eigenvalue weighted by atomic mass is 28.5. The van der Waals surface area contributed by atoms with Gasteiger partial charge in [-0.15, -0.1) is 0 Å². The Morgan fingerprint density at radius 2 is 1.05 bits per heavy atom. The maximum atomic E-state index is 18.9. The van der Waals surface area contributed by atoms with Crippen LogP contribution in [0.5, 0.6) is 0 Å². The van der Waals surface area contributed by atoms with E-state index in [4.69, 9.17) is 4.99 Å². The van der Waals surface area contributed by atoms with Crippen LogP contribution in [0.25, 0.3) is 0 Å². The van der Waals surface area contributed by atoms with E-state index >= 15 is 12.9 Å². The van der Waals surface area contributed by atoms with E-state index in [0.29, 0.717) is 5.56 Å². The Morgan fingerprint density at radius 3 is 1.38 bits per heavy atom. The van der Waals surface area contributed by atoms with Crippen molar-refractivity contribution in [2.75, 3.05) is 0 Å². The molecule has 0 bridgehead atoms. The molecule has 0 unspecified atom stereocenters. The van der Waals surface area contributed by atoms with Crippen LogP contribution in [-0.2, 0) is 0 Å². The lowest BCUT2D eigenvalue weighted by atomic mass is 10.1. The minimum atomic E-state index is -5.55. The third-order valence-corrected chi connectivity index (χ3v) is 21.5. The Bertz CT molecular complexity index is 1190. The van der Waals surface area contributed by atoms with Gasteiger partial charge in [-0.05, 0) is 41.5 Å². The molecule has 0 saturated carbocycles. The summed E-state index contributed by atoms with van der Waals surface area (Å²) in [5.74, 6) is -10.8. The van der Waals surface area contributed by atoms with Gasteiger partial charge >= 0.3 is 8.73 Å². The molecular weight excluding hydrogens is 565 g/mol. The minimum Gasteiger partial charge on any atom is -0.338 e. The molecule has 218 valence electrons. The average molecular weight is 606 g/mol. The monoisotopic (exact) mass is 605 g/mol. The van der Waals surface area contributed by atoms with Gasteiger partial charge in [-0.25, -0.2) is 22.0 Å². The standard InChI is InChI=1S/C27H41F6N3Si3/c1-26(2,3)34-25(18-16-14-13-15-17-18)35(27(4,5)6)39(33,36(37(7,8)9)38(10,11)12)24-22(31)20(29)19(28)21(30)23(24)32/h13-17H,1-12H3/t39-/m0/s1. The van der Waals surface area contributed by atoms with Crippen LogP contribution in [0.1, 0.15) is 47.1 Å². The zero-order valence-electron chi connectivity index (χ0n) is 25.0. The topological polar surface area (TPSA) is 18.8 Å². The molecular formula is C27H41F6N3Si3. The van der Waals surface area contributed by atoms with E-state index in [1.54, 1.807) is 75.8 Å². The molecule has 3 nitrogen and oxygen atoms in total. The lowest BCUT2D eigenvalue weighted by molar-refractivity contribution is 0.302. The molecule has 0 spiro atoms. The van der Waals surface area contributed by atoms with Crippen molar-refractivity contribution in [1.29, 1.82) is 0 Å². The molecule has 2 aromatic rings. The molecule has 39 heavy (non-hydrogen) atoms. The van der Waals surface area contributed by atoms with Crippen molar-refractivity contribution in [3.63, 3.8) is 0 Å². The smallest absolute Gasteiger partial charge is 0.338 e. The van der Waals surface area contributed by atoms with Crippen LogP contribution in [0.2, 0.25) is 39.3 Å². The van der Waals surface area contributed by atoms with E-state index in [1.807, 2.05) is 39.3 Å². The summed E-state index contributed by atoms with van der Waals surface area (Å²) in [4.78, 5) is 4.84. The lowest BCUT2D eigenvalue weighted by Gasteiger charge is -2.57. The number of rotatable bonds is 6. The fourth-order valence-corrected chi connectivity index (χ4v) is 24.4. The summed E-state index contributed by atoms with van der Waals surface area (Å²) in [6, 6.07) is 8.61. The van der Waals surface area contributed by atoms with Crippen molar-refractivity contribution in [3.8, 4) is 0 Å². The number of nitrogens with zero attached hydrogens (tertiary/aromatic N) is 3. The number of amidine groups is 1. The first-order valence-electron chi connectivity index (χ1n) is 12.8. The Hall–Kier alpha value is -1.90. The van der Waals surface area contributed by atoms with Crippen LogP contribution in [0.3, 0.4) is 0 Å². The molecule has 0 aliphatic rings. The molecule has 0 aliphatic heterocycles. The minimum absolute atomic E-state index is 0.0928. The second kappa shape index (κ2) is 10.8. The van der Waals surface area contributed by atoms with Gasteiger partial charge in [0.2, 0.25) is 5.82 Å². The predicted octanol–water partition coefficient (Wildman–Crippen LogP) is 7.82. The molecule has 0 N–H and O–H groups in total. The summed E-state index contributed by atoms with van der Waals surface area (Å²) in [7, 11) is -11.3. The van der Waals surface area contributed by atoms with E-state index in [9.17, 15) is 13.2 Å². The third kappa shape index (κ3) is 6.71. The van der Waals surface area contributed by atoms with Gasteiger partial charge in [-0.2, -0.15) is 0 Å². The molecule has 0 amide bonds. The first kappa shape index (κ1) is 33.3. The van der Waals surface area contributed by atoms with Crippen LogP contribution in [0.15, 0.2) is 35.3 Å². The van der Waals surface area contributed by atoms with Crippen LogP contribution < -0.4 is 5.19 Å². The Labute approximate surface area is 232 Å². The fourth-order valence-electron chi connectivity index (χ4n) is 5.15. The van der Waals surface area contributed by atoms with Crippen molar-refractivity contribution in [2.24, 2.45) is 4.99 Å². The van der Waals surface area contributed by atoms with Gasteiger partial charge in [0.1, 0.15) is 22.3 Å². The van der Waals surface area contributed by atoms with Gasteiger partial charge in [0.05, 0.1) is 10.7 Å². The maximum absolute atomic E-state index is 18.9. The third-order valence-electron chi connectivity index (χ3n) is 5.82. The highest BCUT2D eigenvalue weighted by Crippen LogP contribution is 2.38. The summed E-state index contributed by atoms with van der Waals surface area (Å²) in [6.07, 6.45) is 0. The van der Waals surface area contributed by atoms with Crippen LogP contribution in [0.4, 0.5) is 26.1 Å². The molecule has 0 aromatic heterocycles. The quantitative estimate of drug-likeness (QED) is 0.0636. The van der Waals surface area contributed by atoms with Crippen molar-refractivity contribution in [1.82, 2.24) is 8.46 Å². The van der Waals surface area contributed by atoms with Gasteiger partial charge in [0.15, 0.2) is 23.3 Å². The number of hydrogen-bond acceptors (Lipinski definition) is 2. The first-order chi connectivity index (χ1) is 17.4. The lowest BCUT2D eigenvalue weighted by Crippen LogP contribution is -2.84. The maximum Gasteiger partial charge on any atom is 0.459 e. The predicted molar refractivity (Wildman–Crippen MR) is 156 cm³/mol. The number of benzene rings is 2. The Kier molecular flexibility index (Phi) is 9.24. The largest absolute Gasteiger partial charge is 0.459 e. The molecule has 0 aliphatic carbocycles. The van der Waals surface area contributed by atoms with Crippen LogP contribution in [-0.4, -0.2) is 50.6 Å². The van der Waals surface area contributed by atoms with Gasteiger partial charge < -0.3 is 8.46 Å². The zero-order valence-corrected chi connectivity index (χ0v) is 28.0. The van der Waals surface area contributed by atoms with Crippen molar-refractivity contribution < 1.29 is 26.1 Å². The second-order valence-corrected chi connectivity index (χ2v) is 27.2. The summed E-state index contributed by atoms with van der Waals surface area (Å²) >= 11 is 0. The highest BCUT2D eigenvalue weighted by molar-refractivity contribution is 7.06. The summed E-state index contributed by atoms with van der Waals surface area (Å²) in [5.41, 5.74) is -1.51. The van der Waals surface area contributed by atoms with Gasteiger partial charge in [-0.3, -0.25) is 9.10 Å². The molecule has 2 rings (SSSR count). The molecule has 2 aromatic carbocycles. The van der Waals surface area contributed by atoms with Crippen LogP contribution >= 0.6 is 0 Å². The summed E-state index contributed by atoms with van der Waals surface area (Å²) in [5, 5.41) is -1.39. The molecule has 0 fully saturated rings. The van der Waals surface area contributed by atoms with E-state index in [-0.39, 0.29) is 5.84 Å². The second-order valence-electron chi connectivity index (χ2n) is 13.7. The molecule has 0 saturated heterocycles. The Balaban J connectivity index is 3.35.